The molecule has 0 N–H and O–H groups in total. The van der Waals surface area contributed by atoms with Gasteiger partial charge in [0.15, 0.2) is 0 Å². The molecule has 2 heterocycles. The van der Waals surface area contributed by atoms with Crippen LogP contribution >= 0.6 is 0 Å². The Bertz CT molecular complexity index is 193. The van der Waals surface area contributed by atoms with Gasteiger partial charge in [-0.25, -0.2) is 0 Å². The first kappa shape index (κ1) is 9.47. The lowest BCUT2D eigenvalue weighted by molar-refractivity contribution is 0.0156. The molecule has 13 heavy (non-hydrogen) atoms. The van der Waals surface area contributed by atoms with Crippen molar-refractivity contribution in [2.75, 3.05) is 13.6 Å². The Hall–Kier alpha value is -0.0800. The van der Waals surface area contributed by atoms with Crippen LogP contribution in [0, 0.1) is 0 Å². The van der Waals surface area contributed by atoms with E-state index in [1.807, 2.05) is 0 Å². The van der Waals surface area contributed by atoms with Crippen molar-refractivity contribution in [2.45, 2.75) is 57.8 Å². The van der Waals surface area contributed by atoms with E-state index in [2.05, 4.69) is 37.6 Å². The van der Waals surface area contributed by atoms with Gasteiger partial charge in [-0.3, -0.25) is 9.80 Å². The van der Waals surface area contributed by atoms with E-state index in [4.69, 9.17) is 0 Å². The Kier molecular flexibility index (Phi) is 2.37. The van der Waals surface area contributed by atoms with Crippen LogP contribution in [0.5, 0.6) is 0 Å². The van der Waals surface area contributed by atoms with Crippen molar-refractivity contribution < 1.29 is 0 Å². The van der Waals surface area contributed by atoms with Crippen LogP contribution in [0.2, 0.25) is 0 Å². The highest BCUT2D eigenvalue weighted by Gasteiger charge is 2.41. The minimum absolute atomic E-state index is 0.729. The Morgan fingerprint density at radius 3 is 2.38 bits per heavy atom. The van der Waals surface area contributed by atoms with E-state index in [-0.39, 0.29) is 0 Å². The summed E-state index contributed by atoms with van der Waals surface area (Å²) < 4.78 is 0. The van der Waals surface area contributed by atoms with Gasteiger partial charge in [-0.2, -0.15) is 0 Å². The lowest BCUT2D eigenvalue weighted by Crippen LogP contribution is -2.59. The highest BCUT2D eigenvalue weighted by molar-refractivity contribution is 4.97. The van der Waals surface area contributed by atoms with Crippen LogP contribution in [-0.2, 0) is 0 Å². The van der Waals surface area contributed by atoms with Crippen LogP contribution in [0.15, 0.2) is 0 Å². The summed E-state index contributed by atoms with van der Waals surface area (Å²) in [4.78, 5) is 5.26. The lowest BCUT2D eigenvalue weighted by atomic mass is 10.0. The molecule has 0 aromatic heterocycles. The van der Waals surface area contributed by atoms with Gasteiger partial charge in [0, 0.05) is 30.7 Å². The van der Waals surface area contributed by atoms with Gasteiger partial charge < -0.3 is 0 Å². The monoisotopic (exact) mass is 182 g/mol. The number of likely N-dealkylation sites (N-methyl/N-ethyl adjacent to an activating group) is 1. The fourth-order valence-corrected chi connectivity index (χ4v) is 3.01. The molecule has 0 spiro atoms. The maximum atomic E-state index is 2.72. The molecular formula is C11H22N2. The number of nitrogens with zero attached hydrogens (tertiary/aromatic N) is 2. The zero-order valence-corrected chi connectivity index (χ0v) is 9.33. The molecule has 4 atom stereocenters. The summed E-state index contributed by atoms with van der Waals surface area (Å²) >= 11 is 0. The summed E-state index contributed by atoms with van der Waals surface area (Å²) in [5, 5.41) is 0. The van der Waals surface area contributed by atoms with E-state index in [0.29, 0.717) is 0 Å². The molecule has 0 radical (unpaired) electrons. The van der Waals surface area contributed by atoms with Gasteiger partial charge in [0.1, 0.15) is 0 Å². The van der Waals surface area contributed by atoms with Crippen LogP contribution in [0.4, 0.5) is 0 Å². The Morgan fingerprint density at radius 2 is 1.69 bits per heavy atom. The summed E-state index contributed by atoms with van der Waals surface area (Å²) in [6.45, 7) is 8.38. The van der Waals surface area contributed by atoms with E-state index in [9.17, 15) is 0 Å². The molecule has 2 saturated heterocycles. The maximum absolute atomic E-state index is 2.72. The molecule has 0 aromatic rings. The first-order chi connectivity index (χ1) is 6.11. The van der Waals surface area contributed by atoms with Crippen LogP contribution in [0.1, 0.15) is 33.6 Å². The second-order valence-electron chi connectivity index (χ2n) is 4.95. The fourth-order valence-electron chi connectivity index (χ4n) is 3.01. The summed E-state index contributed by atoms with van der Waals surface area (Å²) in [5.74, 6) is 0. The SMILES string of the molecule is CC1CN2C(C)CCC2C(C)N1C. The number of hydrogen-bond acceptors (Lipinski definition) is 2. The van der Waals surface area contributed by atoms with Crippen molar-refractivity contribution in [3.8, 4) is 0 Å². The van der Waals surface area contributed by atoms with E-state index in [1.54, 1.807) is 0 Å². The third kappa shape index (κ3) is 1.40. The molecule has 4 unspecified atom stereocenters. The molecule has 76 valence electrons. The molecule has 0 bridgehead atoms. The first-order valence-electron chi connectivity index (χ1n) is 5.59. The van der Waals surface area contributed by atoms with Crippen molar-refractivity contribution in [1.82, 2.24) is 9.80 Å². The third-order valence-corrected chi connectivity index (χ3v) is 4.24. The molecule has 0 amide bonds. The van der Waals surface area contributed by atoms with E-state index < -0.39 is 0 Å². The molecule has 0 aliphatic carbocycles. The van der Waals surface area contributed by atoms with Crippen molar-refractivity contribution in [3.05, 3.63) is 0 Å². The van der Waals surface area contributed by atoms with Crippen molar-refractivity contribution in [2.24, 2.45) is 0 Å². The minimum Gasteiger partial charge on any atom is -0.298 e. The average molecular weight is 182 g/mol. The van der Waals surface area contributed by atoms with Gasteiger partial charge in [-0.05, 0) is 40.7 Å². The summed E-state index contributed by atoms with van der Waals surface area (Å²) in [6.07, 6.45) is 2.80. The highest BCUT2D eigenvalue weighted by atomic mass is 15.3. The molecule has 0 aromatic carbocycles. The summed E-state index contributed by atoms with van der Waals surface area (Å²) in [5.41, 5.74) is 0. The topological polar surface area (TPSA) is 6.48 Å². The van der Waals surface area contributed by atoms with Gasteiger partial charge in [0.05, 0.1) is 0 Å². The average Bonchev–Trinajstić information content (AvgIpc) is 2.45. The minimum atomic E-state index is 0.729. The van der Waals surface area contributed by atoms with Gasteiger partial charge in [-0.1, -0.05) is 0 Å². The summed E-state index contributed by atoms with van der Waals surface area (Å²) in [7, 11) is 2.27. The van der Waals surface area contributed by atoms with Crippen LogP contribution < -0.4 is 0 Å². The van der Waals surface area contributed by atoms with E-state index in [0.717, 1.165) is 24.2 Å². The Balaban J connectivity index is 2.13. The van der Waals surface area contributed by atoms with Crippen molar-refractivity contribution >= 4 is 0 Å². The zero-order chi connectivity index (χ0) is 9.59. The molecule has 2 heteroatoms. The number of hydrogen-bond donors (Lipinski definition) is 0. The van der Waals surface area contributed by atoms with Gasteiger partial charge in [-0.15, -0.1) is 0 Å². The predicted octanol–water partition coefficient (Wildman–Crippen LogP) is 1.56. The second kappa shape index (κ2) is 3.25. The molecule has 2 aliphatic heterocycles. The highest BCUT2D eigenvalue weighted by Crippen LogP contribution is 2.32. The van der Waals surface area contributed by atoms with Crippen LogP contribution in [0.3, 0.4) is 0 Å². The Labute approximate surface area is 81.9 Å². The van der Waals surface area contributed by atoms with Crippen LogP contribution in [-0.4, -0.2) is 47.6 Å². The zero-order valence-electron chi connectivity index (χ0n) is 9.33. The third-order valence-electron chi connectivity index (χ3n) is 4.24. The van der Waals surface area contributed by atoms with Crippen LogP contribution in [0.25, 0.3) is 0 Å². The normalized spacial score (nSPS) is 48.0. The van der Waals surface area contributed by atoms with E-state index >= 15 is 0 Å². The van der Waals surface area contributed by atoms with Crippen molar-refractivity contribution in [1.29, 1.82) is 0 Å². The summed E-state index contributed by atoms with van der Waals surface area (Å²) in [6, 6.07) is 3.13. The quantitative estimate of drug-likeness (QED) is 0.561. The molecular weight excluding hydrogens is 160 g/mol. The molecule has 2 aliphatic rings. The number of fused-ring (bicyclic) bond motifs is 1. The van der Waals surface area contributed by atoms with Crippen molar-refractivity contribution in [3.63, 3.8) is 0 Å². The standard InChI is InChI=1S/C11H22N2/c1-8-5-6-11-10(3)12(4)9(2)7-13(8)11/h8-11H,5-7H2,1-4H3. The molecule has 2 fully saturated rings. The van der Waals surface area contributed by atoms with Gasteiger partial charge in [0.2, 0.25) is 0 Å². The largest absolute Gasteiger partial charge is 0.298 e. The smallest absolute Gasteiger partial charge is 0.0252 e. The predicted molar refractivity (Wildman–Crippen MR) is 55.9 cm³/mol. The Morgan fingerprint density at radius 1 is 1.00 bits per heavy atom. The number of piperazine rings is 1. The molecule has 2 nitrogen and oxygen atoms in total. The maximum Gasteiger partial charge on any atom is 0.0252 e. The molecule has 0 saturated carbocycles. The first-order valence-corrected chi connectivity index (χ1v) is 5.59. The fraction of sp³-hybridized carbons (Fsp3) is 1.00. The number of rotatable bonds is 0. The second-order valence-corrected chi connectivity index (χ2v) is 4.95. The van der Waals surface area contributed by atoms with E-state index in [1.165, 1.54) is 19.4 Å². The molecule has 2 rings (SSSR count). The van der Waals surface area contributed by atoms with Gasteiger partial charge >= 0.3 is 0 Å². The van der Waals surface area contributed by atoms with Gasteiger partial charge in [0.25, 0.3) is 0 Å². The lowest BCUT2D eigenvalue weighted by Gasteiger charge is -2.46.